The second kappa shape index (κ2) is 5.07. The largest absolute Gasteiger partial charge is 0.298 e. The molecule has 108 valence electrons. The van der Waals surface area contributed by atoms with E-state index in [4.69, 9.17) is 0 Å². The van der Waals surface area contributed by atoms with Crippen molar-refractivity contribution in [2.24, 2.45) is 0 Å². The van der Waals surface area contributed by atoms with Crippen LogP contribution in [-0.2, 0) is 21.1 Å². The molecule has 2 aromatic carbocycles. The van der Waals surface area contributed by atoms with Gasteiger partial charge in [0, 0.05) is 6.42 Å². The van der Waals surface area contributed by atoms with Gasteiger partial charge in [0.25, 0.3) is 0 Å². The molecule has 0 heterocycles. The molecule has 0 fully saturated rings. The first-order chi connectivity index (χ1) is 10.00. The lowest BCUT2D eigenvalue weighted by Crippen LogP contribution is -2.27. The summed E-state index contributed by atoms with van der Waals surface area (Å²) in [5.74, 6) is -0.817. The molecule has 0 saturated carbocycles. The van der Waals surface area contributed by atoms with Crippen molar-refractivity contribution in [3.63, 3.8) is 0 Å². The van der Waals surface area contributed by atoms with Gasteiger partial charge in [-0.15, -0.1) is 0 Å². The molecule has 1 aliphatic rings. The van der Waals surface area contributed by atoms with Crippen LogP contribution in [0.5, 0.6) is 0 Å². The smallest absolute Gasteiger partial charge is 0.192 e. The van der Waals surface area contributed by atoms with E-state index in [0.29, 0.717) is 12.0 Å². The number of benzene rings is 2. The van der Waals surface area contributed by atoms with Crippen LogP contribution >= 0.6 is 0 Å². The van der Waals surface area contributed by atoms with Gasteiger partial charge >= 0.3 is 0 Å². The van der Waals surface area contributed by atoms with Crippen molar-refractivity contribution < 1.29 is 17.6 Å². The van der Waals surface area contributed by atoms with Gasteiger partial charge < -0.3 is 0 Å². The first kappa shape index (κ1) is 13.9. The number of hydrogen-bond donors (Lipinski definition) is 0. The Bertz CT molecular complexity index is 795. The van der Waals surface area contributed by atoms with E-state index in [9.17, 15) is 17.6 Å². The molecular weight excluding hydrogens is 291 g/mol. The number of halogens is 1. The van der Waals surface area contributed by atoms with Crippen LogP contribution in [0.3, 0.4) is 0 Å². The third-order valence-corrected chi connectivity index (χ3v) is 5.79. The normalized spacial score (nSPS) is 18.3. The highest BCUT2D eigenvalue weighted by Gasteiger charge is 2.38. The van der Waals surface area contributed by atoms with Gasteiger partial charge in [0.1, 0.15) is 11.1 Å². The zero-order valence-corrected chi connectivity index (χ0v) is 11.9. The Morgan fingerprint density at radius 3 is 2.33 bits per heavy atom. The second-order valence-electron chi connectivity index (χ2n) is 5.04. The highest BCUT2D eigenvalue weighted by molar-refractivity contribution is 7.92. The molecule has 0 N–H and O–H groups in total. The summed E-state index contributed by atoms with van der Waals surface area (Å²) in [4.78, 5) is 12.2. The standard InChI is InChI=1S/C16H13FO3S/c17-12-6-8-13(9-7-12)21(19,20)16-14-4-2-1-3-11(14)5-10-15(16)18/h1-4,6-9,16H,5,10H2. The molecule has 1 aliphatic carbocycles. The quantitative estimate of drug-likeness (QED) is 0.802. The molecule has 5 heteroatoms. The number of sulfone groups is 1. The molecule has 1 unspecified atom stereocenters. The SMILES string of the molecule is O=C1CCc2ccccc2C1S(=O)(=O)c1ccc(F)cc1. The van der Waals surface area contributed by atoms with Crippen molar-refractivity contribution in [3.8, 4) is 0 Å². The predicted octanol–water partition coefficient (Wildman–Crippen LogP) is 2.86. The summed E-state index contributed by atoms with van der Waals surface area (Å²) in [5, 5.41) is -1.19. The molecule has 0 aliphatic heterocycles. The van der Waals surface area contributed by atoms with Crippen molar-refractivity contribution in [1.29, 1.82) is 0 Å². The Kier molecular flexibility index (Phi) is 3.37. The molecule has 2 aromatic rings. The summed E-state index contributed by atoms with van der Waals surface area (Å²) in [6.45, 7) is 0. The Hall–Kier alpha value is -2.01. The number of ketones is 1. The van der Waals surface area contributed by atoms with Crippen LogP contribution in [0.1, 0.15) is 22.8 Å². The number of aryl methyl sites for hydroxylation is 1. The Morgan fingerprint density at radius 1 is 0.952 bits per heavy atom. The number of carbonyl (C=O) groups excluding carboxylic acids is 1. The van der Waals surface area contributed by atoms with Gasteiger partial charge in [0.15, 0.2) is 15.6 Å². The van der Waals surface area contributed by atoms with Crippen LogP contribution in [-0.4, -0.2) is 14.2 Å². The lowest BCUT2D eigenvalue weighted by molar-refractivity contribution is -0.119. The molecular formula is C16H13FO3S. The summed E-state index contributed by atoms with van der Waals surface area (Å²) >= 11 is 0. The van der Waals surface area contributed by atoms with E-state index in [1.54, 1.807) is 12.1 Å². The van der Waals surface area contributed by atoms with Gasteiger partial charge in [0.05, 0.1) is 4.90 Å². The Labute approximate surface area is 122 Å². The highest BCUT2D eigenvalue weighted by atomic mass is 32.2. The van der Waals surface area contributed by atoms with E-state index >= 15 is 0 Å². The van der Waals surface area contributed by atoms with Crippen LogP contribution in [0.4, 0.5) is 4.39 Å². The maximum absolute atomic E-state index is 13.0. The lowest BCUT2D eigenvalue weighted by atomic mass is 9.90. The molecule has 0 bridgehead atoms. The van der Waals surface area contributed by atoms with Crippen molar-refractivity contribution in [2.45, 2.75) is 23.0 Å². The molecule has 21 heavy (non-hydrogen) atoms. The van der Waals surface area contributed by atoms with E-state index in [-0.39, 0.29) is 17.1 Å². The van der Waals surface area contributed by atoms with Gasteiger partial charge in [-0.2, -0.15) is 0 Å². The maximum Gasteiger partial charge on any atom is 0.192 e. The summed E-state index contributed by atoms with van der Waals surface area (Å²) in [6, 6.07) is 11.7. The van der Waals surface area contributed by atoms with Gasteiger partial charge in [-0.3, -0.25) is 4.79 Å². The van der Waals surface area contributed by atoms with Gasteiger partial charge in [-0.05, 0) is 41.8 Å². The minimum atomic E-state index is -3.86. The minimum Gasteiger partial charge on any atom is -0.298 e. The van der Waals surface area contributed by atoms with Crippen LogP contribution in [0.15, 0.2) is 53.4 Å². The fraction of sp³-hybridized carbons (Fsp3) is 0.188. The fourth-order valence-electron chi connectivity index (χ4n) is 2.68. The molecule has 0 radical (unpaired) electrons. The molecule has 3 rings (SSSR count). The topological polar surface area (TPSA) is 51.2 Å². The highest BCUT2D eigenvalue weighted by Crippen LogP contribution is 2.36. The third-order valence-electron chi connectivity index (χ3n) is 3.72. The number of fused-ring (bicyclic) bond motifs is 1. The van der Waals surface area contributed by atoms with E-state index < -0.39 is 20.9 Å². The van der Waals surface area contributed by atoms with Crippen LogP contribution < -0.4 is 0 Å². The van der Waals surface area contributed by atoms with Crippen LogP contribution in [0.25, 0.3) is 0 Å². The first-order valence-corrected chi connectivity index (χ1v) is 8.15. The van der Waals surface area contributed by atoms with E-state index in [0.717, 1.165) is 17.7 Å². The van der Waals surface area contributed by atoms with Crippen molar-refractivity contribution in [3.05, 3.63) is 65.5 Å². The summed E-state index contributed by atoms with van der Waals surface area (Å²) in [6.07, 6.45) is 0.770. The van der Waals surface area contributed by atoms with Gasteiger partial charge in [-0.25, -0.2) is 12.8 Å². The molecule has 0 saturated heterocycles. The number of Topliss-reactive ketones (excluding diaryl/α,β-unsaturated/α-hetero) is 1. The Balaban J connectivity index is 2.14. The lowest BCUT2D eigenvalue weighted by Gasteiger charge is -2.24. The van der Waals surface area contributed by atoms with E-state index in [1.165, 1.54) is 12.1 Å². The zero-order valence-electron chi connectivity index (χ0n) is 11.1. The number of rotatable bonds is 2. The molecule has 0 spiro atoms. The van der Waals surface area contributed by atoms with Crippen LogP contribution in [0.2, 0.25) is 0 Å². The summed E-state index contributed by atoms with van der Waals surface area (Å²) in [5.41, 5.74) is 1.42. The van der Waals surface area contributed by atoms with Gasteiger partial charge in [-0.1, -0.05) is 24.3 Å². The first-order valence-electron chi connectivity index (χ1n) is 6.60. The Morgan fingerprint density at radius 2 is 1.62 bits per heavy atom. The third kappa shape index (κ3) is 2.38. The maximum atomic E-state index is 13.0. The zero-order chi connectivity index (χ0) is 15.0. The average Bonchev–Trinajstić information content (AvgIpc) is 2.47. The van der Waals surface area contributed by atoms with Crippen molar-refractivity contribution in [1.82, 2.24) is 0 Å². The van der Waals surface area contributed by atoms with Crippen LogP contribution in [0, 0.1) is 5.82 Å². The molecule has 0 aromatic heterocycles. The van der Waals surface area contributed by atoms with E-state index in [2.05, 4.69) is 0 Å². The van der Waals surface area contributed by atoms with Crippen molar-refractivity contribution in [2.75, 3.05) is 0 Å². The monoisotopic (exact) mass is 304 g/mol. The minimum absolute atomic E-state index is 0.0287. The number of hydrogen-bond acceptors (Lipinski definition) is 3. The summed E-state index contributed by atoms with van der Waals surface area (Å²) in [7, 11) is -3.86. The van der Waals surface area contributed by atoms with Gasteiger partial charge in [0.2, 0.25) is 0 Å². The van der Waals surface area contributed by atoms with E-state index in [1.807, 2.05) is 12.1 Å². The molecule has 3 nitrogen and oxygen atoms in total. The second-order valence-corrected chi connectivity index (χ2v) is 7.08. The van der Waals surface area contributed by atoms with Crippen molar-refractivity contribution >= 4 is 15.6 Å². The number of carbonyl (C=O) groups is 1. The summed E-state index contributed by atoms with van der Waals surface area (Å²) < 4.78 is 38.4. The fourth-order valence-corrected chi connectivity index (χ4v) is 4.50. The average molecular weight is 304 g/mol. The molecule has 0 amide bonds. The predicted molar refractivity (Wildman–Crippen MR) is 76.1 cm³/mol. The molecule has 1 atom stereocenters.